The number of morpholine rings is 1. The molecule has 0 saturated carbocycles. The molecule has 2 aliphatic rings. The molecule has 4 rings (SSSR count). The summed E-state index contributed by atoms with van der Waals surface area (Å²) in [7, 11) is -4.08. The molecular weight excluding hydrogens is 455 g/mol. The maximum atomic E-state index is 14.4. The Morgan fingerprint density at radius 1 is 0.970 bits per heavy atom. The van der Waals surface area contributed by atoms with E-state index < -0.39 is 25.7 Å². The van der Waals surface area contributed by atoms with Crippen LogP contribution in [-0.4, -0.2) is 80.9 Å². The van der Waals surface area contributed by atoms with Crippen LogP contribution in [0.15, 0.2) is 47.4 Å². The van der Waals surface area contributed by atoms with Crippen molar-refractivity contribution in [2.24, 2.45) is 0 Å². The highest BCUT2D eigenvalue weighted by atomic mass is 32.2. The standard InChI is InChI=1S/C21H23FN4O6S/c22-19-6-1-16(15-20(19)33(30,31)25-11-13-32-14-12-25)21(27)24-9-7-23(8-10-24)17-2-4-18(5-3-17)26(28)29/h1-6,15H,7-14H2. The Hall–Kier alpha value is -3.09. The van der Waals surface area contributed by atoms with Gasteiger partial charge in [0.15, 0.2) is 0 Å². The van der Waals surface area contributed by atoms with E-state index in [9.17, 15) is 27.7 Å². The number of hydrogen-bond donors (Lipinski definition) is 0. The summed E-state index contributed by atoms with van der Waals surface area (Å²) in [6, 6.07) is 9.60. The fourth-order valence-corrected chi connectivity index (χ4v) is 5.39. The number of amides is 1. The average Bonchev–Trinajstić information content (AvgIpc) is 2.84. The Morgan fingerprint density at radius 2 is 1.61 bits per heavy atom. The molecule has 1 amide bonds. The van der Waals surface area contributed by atoms with Crippen molar-refractivity contribution >= 4 is 27.3 Å². The van der Waals surface area contributed by atoms with Gasteiger partial charge in [-0.1, -0.05) is 0 Å². The van der Waals surface area contributed by atoms with Gasteiger partial charge in [0.1, 0.15) is 10.7 Å². The summed E-state index contributed by atoms with van der Waals surface area (Å²) in [5.41, 5.74) is 0.923. The van der Waals surface area contributed by atoms with Crippen LogP contribution in [0.2, 0.25) is 0 Å². The van der Waals surface area contributed by atoms with E-state index in [0.717, 1.165) is 22.1 Å². The second-order valence-corrected chi connectivity index (χ2v) is 9.62. The van der Waals surface area contributed by atoms with Crippen LogP contribution in [-0.2, 0) is 14.8 Å². The monoisotopic (exact) mass is 478 g/mol. The third-order valence-electron chi connectivity index (χ3n) is 5.76. The van der Waals surface area contributed by atoms with Crippen molar-refractivity contribution in [3.8, 4) is 0 Å². The van der Waals surface area contributed by atoms with Gasteiger partial charge in [0.2, 0.25) is 10.0 Å². The molecule has 0 N–H and O–H groups in total. The number of nitro benzene ring substituents is 1. The number of rotatable bonds is 5. The third-order valence-corrected chi connectivity index (χ3v) is 7.67. The number of benzene rings is 2. The number of nitro groups is 1. The molecule has 12 heteroatoms. The topological polar surface area (TPSA) is 113 Å². The lowest BCUT2D eigenvalue weighted by molar-refractivity contribution is -0.384. The fourth-order valence-electron chi connectivity index (χ4n) is 3.90. The van der Waals surface area contributed by atoms with Crippen LogP contribution in [0.3, 0.4) is 0 Å². The molecule has 0 spiro atoms. The third kappa shape index (κ3) is 4.82. The number of nitrogens with zero attached hydrogens (tertiary/aromatic N) is 4. The molecule has 0 aliphatic carbocycles. The smallest absolute Gasteiger partial charge is 0.269 e. The van der Waals surface area contributed by atoms with E-state index in [1.165, 1.54) is 18.2 Å². The Morgan fingerprint density at radius 3 is 2.21 bits per heavy atom. The van der Waals surface area contributed by atoms with Crippen LogP contribution in [0.1, 0.15) is 10.4 Å². The zero-order valence-electron chi connectivity index (χ0n) is 17.7. The van der Waals surface area contributed by atoms with Gasteiger partial charge in [0, 0.05) is 62.7 Å². The quantitative estimate of drug-likeness (QED) is 0.475. The number of carbonyl (C=O) groups is 1. The van der Waals surface area contributed by atoms with Gasteiger partial charge in [0.25, 0.3) is 11.6 Å². The molecule has 0 unspecified atom stereocenters. The van der Waals surface area contributed by atoms with E-state index in [-0.39, 0.29) is 43.5 Å². The zero-order valence-corrected chi connectivity index (χ0v) is 18.5. The zero-order chi connectivity index (χ0) is 23.6. The van der Waals surface area contributed by atoms with Crippen LogP contribution in [0.4, 0.5) is 15.8 Å². The number of piperazine rings is 1. The lowest BCUT2D eigenvalue weighted by Gasteiger charge is -2.36. The van der Waals surface area contributed by atoms with E-state index >= 15 is 0 Å². The summed E-state index contributed by atoms with van der Waals surface area (Å²) in [5.74, 6) is -1.28. The van der Waals surface area contributed by atoms with E-state index in [0.29, 0.717) is 26.2 Å². The second-order valence-electron chi connectivity index (χ2n) is 7.71. The molecule has 0 radical (unpaired) electrons. The predicted octanol–water partition coefficient (Wildman–Crippen LogP) is 1.72. The van der Waals surface area contributed by atoms with Crippen molar-refractivity contribution in [2.75, 3.05) is 57.4 Å². The molecule has 2 aromatic carbocycles. The molecule has 176 valence electrons. The summed E-state index contributed by atoms with van der Waals surface area (Å²) < 4.78 is 46.5. The van der Waals surface area contributed by atoms with Crippen LogP contribution >= 0.6 is 0 Å². The van der Waals surface area contributed by atoms with Gasteiger partial charge in [0.05, 0.1) is 18.1 Å². The summed E-state index contributed by atoms with van der Waals surface area (Å²) in [4.78, 5) is 26.4. The van der Waals surface area contributed by atoms with Crippen molar-refractivity contribution < 1.29 is 27.3 Å². The number of hydrogen-bond acceptors (Lipinski definition) is 7. The van der Waals surface area contributed by atoms with Crippen molar-refractivity contribution in [1.82, 2.24) is 9.21 Å². The van der Waals surface area contributed by atoms with E-state index in [4.69, 9.17) is 4.74 Å². The minimum Gasteiger partial charge on any atom is -0.379 e. The first kappa shape index (κ1) is 23.1. The molecule has 0 aromatic heterocycles. The highest BCUT2D eigenvalue weighted by molar-refractivity contribution is 7.89. The molecule has 0 atom stereocenters. The average molecular weight is 479 g/mol. The van der Waals surface area contributed by atoms with Crippen LogP contribution < -0.4 is 4.90 Å². The lowest BCUT2D eigenvalue weighted by atomic mass is 10.1. The number of ether oxygens (including phenoxy) is 1. The van der Waals surface area contributed by atoms with Gasteiger partial charge in [-0.25, -0.2) is 12.8 Å². The molecule has 10 nitrogen and oxygen atoms in total. The summed E-state index contributed by atoms with van der Waals surface area (Å²) in [6.07, 6.45) is 0. The molecule has 2 fully saturated rings. The molecule has 2 heterocycles. The minimum absolute atomic E-state index is 0.00621. The van der Waals surface area contributed by atoms with Gasteiger partial charge in [-0.05, 0) is 30.3 Å². The molecule has 2 aromatic rings. The van der Waals surface area contributed by atoms with Crippen molar-refractivity contribution in [2.45, 2.75) is 4.90 Å². The van der Waals surface area contributed by atoms with Gasteiger partial charge < -0.3 is 14.5 Å². The van der Waals surface area contributed by atoms with Crippen molar-refractivity contribution in [1.29, 1.82) is 0 Å². The highest BCUT2D eigenvalue weighted by Gasteiger charge is 2.31. The highest BCUT2D eigenvalue weighted by Crippen LogP contribution is 2.24. The summed E-state index contributed by atoms with van der Waals surface area (Å²) >= 11 is 0. The van der Waals surface area contributed by atoms with Gasteiger partial charge >= 0.3 is 0 Å². The molecule has 33 heavy (non-hydrogen) atoms. The van der Waals surface area contributed by atoms with Gasteiger partial charge in [-0.15, -0.1) is 0 Å². The Kier molecular flexibility index (Phi) is 6.58. The van der Waals surface area contributed by atoms with E-state index in [2.05, 4.69) is 0 Å². The Bertz CT molecular complexity index is 1140. The molecule has 0 bridgehead atoms. The largest absolute Gasteiger partial charge is 0.379 e. The number of non-ortho nitro benzene ring substituents is 1. The second kappa shape index (κ2) is 9.41. The van der Waals surface area contributed by atoms with Crippen LogP contribution in [0.5, 0.6) is 0 Å². The SMILES string of the molecule is O=C(c1ccc(F)c(S(=O)(=O)N2CCOCC2)c1)N1CCN(c2ccc([N+](=O)[O-])cc2)CC1. The number of sulfonamides is 1. The maximum absolute atomic E-state index is 14.4. The fraction of sp³-hybridized carbons (Fsp3) is 0.381. The summed E-state index contributed by atoms with van der Waals surface area (Å²) in [6.45, 7) is 2.48. The first-order chi connectivity index (χ1) is 15.8. The minimum atomic E-state index is -4.08. The van der Waals surface area contributed by atoms with Gasteiger partial charge in [-0.2, -0.15) is 4.31 Å². The first-order valence-corrected chi connectivity index (χ1v) is 11.9. The van der Waals surface area contributed by atoms with Crippen LogP contribution in [0.25, 0.3) is 0 Å². The lowest BCUT2D eigenvalue weighted by Crippen LogP contribution is -2.48. The molecule has 2 aliphatic heterocycles. The molecular formula is C21H23FN4O6S. The number of halogens is 1. The first-order valence-electron chi connectivity index (χ1n) is 10.4. The summed E-state index contributed by atoms with van der Waals surface area (Å²) in [5, 5.41) is 10.8. The predicted molar refractivity (Wildman–Crippen MR) is 117 cm³/mol. The maximum Gasteiger partial charge on any atom is 0.269 e. The van der Waals surface area contributed by atoms with Crippen LogP contribution in [0, 0.1) is 15.9 Å². The normalized spacial score (nSPS) is 17.7. The molecule has 2 saturated heterocycles. The number of carbonyl (C=O) groups excluding carboxylic acids is 1. The Balaban J connectivity index is 1.45. The number of anilines is 1. The Labute approximate surface area is 190 Å². The van der Waals surface area contributed by atoms with Crippen molar-refractivity contribution in [3.63, 3.8) is 0 Å². The van der Waals surface area contributed by atoms with Crippen molar-refractivity contribution in [3.05, 3.63) is 64.0 Å². The van der Waals surface area contributed by atoms with E-state index in [1.54, 1.807) is 17.0 Å². The van der Waals surface area contributed by atoms with E-state index in [1.807, 2.05) is 4.90 Å². The van der Waals surface area contributed by atoms with Gasteiger partial charge in [-0.3, -0.25) is 14.9 Å².